The average molecular weight is 1680 g/mol. The first kappa shape index (κ1) is 92.8. The van der Waals surface area contributed by atoms with Gasteiger partial charge in [0.15, 0.2) is 0 Å². The number of rotatable bonds is 24. The normalized spacial score (nSPS) is 16.0. The van der Waals surface area contributed by atoms with Gasteiger partial charge in [0.1, 0.15) is 0 Å². The summed E-state index contributed by atoms with van der Waals surface area (Å²) in [4.78, 5) is 24.2. The monoisotopic (exact) mass is 1680 g/mol. The number of hydrogen-bond donors (Lipinski definition) is 0. The second kappa shape index (κ2) is 25.0. The SMILES string of the molecule is O=c1n(CC(F)(F)C(F)(F)C(F)(F)C(F)(F)C(F)(F)C(F)(F)F)c([S-])c([S-])n1CC(F)(F)C(F)(F)C(F)(F)C(F)(F)C(F)(F)C(F)(F)F.O=c1n(CC(F)(F)C(F)(F)C(F)(F)C(F)(F)C(F)(F)C(F)(F)F)c([S-])c([S-])n1CC(F)(F)C(F)(F)C(F)(F)C(F)(F)C(F)(F)C(F)(F)F.[Ni]. The molecular formula is C34H8F52N4NiO2S4-4. The molecule has 6 nitrogen and oxygen atoms in total. The van der Waals surface area contributed by atoms with Gasteiger partial charge in [-0.3, -0.25) is 0 Å². The molecule has 97 heavy (non-hydrogen) atoms. The first-order valence-electron chi connectivity index (χ1n) is 21.0. The van der Waals surface area contributed by atoms with Crippen LogP contribution in [0.2, 0.25) is 0 Å². The van der Waals surface area contributed by atoms with Gasteiger partial charge in [0.05, 0.1) is 26.2 Å². The minimum absolute atomic E-state index is 0. The molecule has 0 amide bonds. The van der Waals surface area contributed by atoms with Crippen LogP contribution in [0, 0.1) is 0 Å². The number of halogens is 52. The Morgan fingerprint density at radius 1 is 0.186 bits per heavy atom. The van der Waals surface area contributed by atoms with Crippen LogP contribution in [0.25, 0.3) is 0 Å². The standard InChI is InChI=1S/2C17H6F26N2OS2.Ni/c2*18-6(19,8(22,23)10(26,27)12(30,31)14(34,35)16(38,39)40)1-44-3(47)4(48)45(5(44)46)2-7(20,21)9(24,25)11(28,29)13(32,33)15(36,37)17(41,42)43;/h2*47-48H,1-2H2;/p-4. The molecule has 0 aliphatic rings. The van der Waals surface area contributed by atoms with Gasteiger partial charge in [0, 0.05) is 16.5 Å². The maximum atomic E-state index is 14.2. The summed E-state index contributed by atoms with van der Waals surface area (Å²) in [5.74, 6) is -163. The second-order valence-electron chi connectivity index (χ2n) is 18.1. The van der Waals surface area contributed by atoms with Gasteiger partial charge in [-0.15, -0.1) is 20.1 Å². The minimum Gasteiger partial charge on any atom is -0.762 e. The minimum atomic E-state index is -8.50. The first-order chi connectivity index (χ1) is 40.8. The van der Waals surface area contributed by atoms with E-state index < -0.39 is 219 Å². The number of nitrogens with zero attached hydrogens (tertiary/aromatic N) is 4. The van der Waals surface area contributed by atoms with Crippen molar-refractivity contribution in [1.82, 2.24) is 18.3 Å². The van der Waals surface area contributed by atoms with E-state index in [0.717, 1.165) is 0 Å². The molecule has 2 rings (SSSR count). The van der Waals surface area contributed by atoms with E-state index in [1.807, 2.05) is 0 Å². The van der Waals surface area contributed by atoms with Gasteiger partial charge in [-0.05, 0) is 0 Å². The molecule has 0 saturated carbocycles. The predicted molar refractivity (Wildman–Crippen MR) is 203 cm³/mol. The van der Waals surface area contributed by atoms with Crippen LogP contribution in [0.3, 0.4) is 0 Å². The fourth-order valence-electron chi connectivity index (χ4n) is 6.06. The smallest absolute Gasteiger partial charge is 0.460 e. The Hall–Kier alpha value is -4.25. The van der Waals surface area contributed by atoms with Crippen LogP contribution in [-0.4, -0.2) is 161 Å². The maximum absolute atomic E-state index is 14.2. The Labute approximate surface area is 523 Å². The Bertz CT molecular complexity index is 2840. The van der Waals surface area contributed by atoms with E-state index in [4.69, 9.17) is 0 Å². The van der Waals surface area contributed by atoms with E-state index in [2.05, 4.69) is 50.5 Å². The van der Waals surface area contributed by atoms with Crippen molar-refractivity contribution in [1.29, 1.82) is 0 Å². The summed E-state index contributed by atoms with van der Waals surface area (Å²) in [6.07, 6.45) is -31.4. The fraction of sp³-hybridized carbons (Fsp3) is 0.824. The van der Waals surface area contributed by atoms with E-state index in [1.165, 1.54) is 0 Å². The molecule has 0 fully saturated rings. The summed E-state index contributed by atoms with van der Waals surface area (Å²) < 4.78 is 684. The van der Waals surface area contributed by atoms with Gasteiger partial charge in [-0.25, -0.2) is 9.59 Å². The van der Waals surface area contributed by atoms with Gasteiger partial charge in [-0.1, -0.05) is 0 Å². The van der Waals surface area contributed by atoms with Crippen molar-refractivity contribution in [2.45, 2.75) is 189 Å². The molecule has 63 heteroatoms. The summed E-state index contributed by atoms with van der Waals surface area (Å²) in [7, 11) is 0. The van der Waals surface area contributed by atoms with Gasteiger partial charge in [-0.2, -0.15) is 228 Å². The van der Waals surface area contributed by atoms with Crippen LogP contribution in [0.1, 0.15) is 0 Å². The van der Waals surface area contributed by atoms with Crippen LogP contribution >= 0.6 is 0 Å². The van der Waals surface area contributed by atoms with E-state index >= 15 is 0 Å². The van der Waals surface area contributed by atoms with Crippen molar-refractivity contribution >= 4 is 50.5 Å². The van der Waals surface area contributed by atoms with Crippen molar-refractivity contribution in [2.24, 2.45) is 0 Å². The summed E-state index contributed by atoms with van der Waals surface area (Å²) in [6, 6.07) is 0. The molecule has 0 unspecified atom stereocenters. The molecule has 0 aliphatic carbocycles. The quantitative estimate of drug-likeness (QED) is 0.0593. The Kier molecular flexibility index (Phi) is 23.9. The zero-order valence-corrected chi connectivity index (χ0v) is 46.3. The van der Waals surface area contributed by atoms with Crippen LogP contribution in [0.4, 0.5) is 228 Å². The Morgan fingerprint density at radius 3 is 0.371 bits per heavy atom. The molecule has 0 aromatic carbocycles. The van der Waals surface area contributed by atoms with Crippen LogP contribution < -0.4 is 11.4 Å². The van der Waals surface area contributed by atoms with E-state index in [1.54, 1.807) is 0 Å². The van der Waals surface area contributed by atoms with Gasteiger partial charge < -0.3 is 68.8 Å². The summed E-state index contributed by atoms with van der Waals surface area (Å²) in [6.45, 7) is -15.3. The van der Waals surface area contributed by atoms with Crippen molar-refractivity contribution in [3.63, 3.8) is 0 Å². The zero-order valence-electron chi connectivity index (χ0n) is 42.0. The number of alkyl halides is 52. The molecule has 0 saturated heterocycles. The van der Waals surface area contributed by atoms with E-state index in [-0.39, 0.29) is 16.5 Å². The third-order valence-corrected chi connectivity index (χ3v) is 13.6. The molecule has 2 aromatic heterocycles. The maximum Gasteiger partial charge on any atom is 0.460 e. The summed E-state index contributed by atoms with van der Waals surface area (Å²) in [5, 5.41) is -9.05. The molecule has 0 bridgehead atoms. The van der Waals surface area contributed by atoms with E-state index in [9.17, 15) is 238 Å². The number of imidazole rings is 2. The molecule has 578 valence electrons. The van der Waals surface area contributed by atoms with Crippen LogP contribution in [0.15, 0.2) is 29.7 Å². The fourth-order valence-corrected chi connectivity index (χ4v) is 7.07. The van der Waals surface area contributed by atoms with Crippen molar-refractivity contribution in [2.75, 3.05) is 0 Å². The van der Waals surface area contributed by atoms with Gasteiger partial charge in [0.2, 0.25) is 0 Å². The number of aromatic nitrogens is 4. The second-order valence-corrected chi connectivity index (χ2v) is 19.7. The zero-order chi connectivity index (χ0) is 78.6. The average Bonchev–Trinajstić information content (AvgIpc) is 0.819. The Balaban J connectivity index is 0.00000188. The van der Waals surface area contributed by atoms with Crippen molar-refractivity contribution in [3.05, 3.63) is 21.0 Å². The van der Waals surface area contributed by atoms with Gasteiger partial charge >= 0.3 is 155 Å². The molecule has 2 heterocycles. The first-order valence-corrected chi connectivity index (χ1v) is 22.7. The van der Waals surface area contributed by atoms with E-state index in [0.29, 0.717) is 0 Å². The molecular weight excluding hydrogens is 1670 g/mol. The molecule has 0 N–H and O–H groups in total. The number of hydrogen-bond acceptors (Lipinski definition) is 6. The molecule has 0 atom stereocenters. The molecule has 0 radical (unpaired) electrons. The molecule has 0 spiro atoms. The van der Waals surface area contributed by atoms with Crippen LogP contribution in [-0.2, 0) is 93.2 Å². The third-order valence-electron chi connectivity index (χ3n) is 11.7. The summed E-state index contributed by atoms with van der Waals surface area (Å²) >= 11 is 15.6. The molecule has 2 aromatic rings. The van der Waals surface area contributed by atoms with Crippen molar-refractivity contribution in [3.8, 4) is 0 Å². The molecule has 0 aliphatic heterocycles. The predicted octanol–water partition coefficient (Wildman–Crippen LogP) is 15.9. The van der Waals surface area contributed by atoms with Crippen LogP contribution in [0.5, 0.6) is 0 Å². The largest absolute Gasteiger partial charge is 0.762 e. The van der Waals surface area contributed by atoms with Crippen molar-refractivity contribution < 1.29 is 245 Å². The Morgan fingerprint density at radius 2 is 0.278 bits per heavy atom. The van der Waals surface area contributed by atoms with Gasteiger partial charge in [0.25, 0.3) is 0 Å². The third kappa shape index (κ3) is 13.3. The summed E-state index contributed by atoms with van der Waals surface area (Å²) in [5.41, 5.74) is -6.44. The topological polar surface area (TPSA) is 53.9 Å².